The summed E-state index contributed by atoms with van der Waals surface area (Å²) in [4.78, 5) is 26.8. The number of carbonyl (C=O) groups excluding carboxylic acids is 2. The normalized spacial score (nSPS) is 36.5. The zero-order valence-corrected chi connectivity index (χ0v) is 11.5. The first-order valence-electron chi connectivity index (χ1n) is 6.65. The van der Waals surface area contributed by atoms with Gasteiger partial charge in [-0.3, -0.25) is 9.59 Å². The number of hydrogen-bond donors (Lipinski definition) is 1. The fourth-order valence-corrected chi connectivity index (χ4v) is 2.75. The minimum Gasteiger partial charge on any atom is -0.340 e. The minimum absolute atomic E-state index is 0.0360. The highest BCUT2D eigenvalue weighted by Gasteiger charge is 2.58. The van der Waals surface area contributed by atoms with E-state index in [1.54, 1.807) is 11.0 Å². The van der Waals surface area contributed by atoms with Crippen molar-refractivity contribution in [3.05, 3.63) is 12.7 Å². The molecule has 2 fully saturated rings. The van der Waals surface area contributed by atoms with E-state index < -0.39 is 11.1 Å². The molecular formula is C14H22N2O2. The Hall–Kier alpha value is -1.32. The quantitative estimate of drug-likeness (QED) is 0.768. The largest absolute Gasteiger partial charge is 0.340 e. The smallest absolute Gasteiger partial charge is 0.249 e. The van der Waals surface area contributed by atoms with Gasteiger partial charge in [-0.2, -0.15) is 0 Å². The molecule has 4 heteroatoms. The van der Waals surface area contributed by atoms with E-state index in [0.29, 0.717) is 18.9 Å². The van der Waals surface area contributed by atoms with Gasteiger partial charge < -0.3 is 10.2 Å². The third-order valence-electron chi connectivity index (χ3n) is 4.54. The van der Waals surface area contributed by atoms with Gasteiger partial charge in [0.25, 0.3) is 0 Å². The van der Waals surface area contributed by atoms with Crippen molar-refractivity contribution in [2.45, 2.75) is 51.1 Å². The highest BCUT2D eigenvalue weighted by Crippen LogP contribution is 2.43. The minimum atomic E-state index is -0.750. The summed E-state index contributed by atoms with van der Waals surface area (Å²) in [6.45, 7) is 9.75. The number of carbonyl (C=O) groups is 2. The number of amides is 2. The molecule has 1 heterocycles. The van der Waals surface area contributed by atoms with Crippen molar-refractivity contribution in [1.29, 1.82) is 0 Å². The second kappa shape index (κ2) is 4.11. The summed E-state index contributed by atoms with van der Waals surface area (Å²) in [6.07, 6.45) is 4.34. The van der Waals surface area contributed by atoms with Gasteiger partial charge in [-0.15, -0.1) is 6.58 Å². The molecule has 0 bridgehead atoms. The molecule has 100 valence electrons. The first-order chi connectivity index (χ1) is 8.40. The van der Waals surface area contributed by atoms with Crippen LogP contribution in [-0.2, 0) is 9.59 Å². The zero-order chi connectivity index (χ0) is 13.6. The molecule has 1 N–H and O–H groups in total. The standard InChI is InChI=1S/C14H22N2O2/c1-5-9-16-12(18)14(4,10-7-8-10)15-11(17)13(16,3)6-2/h5,10H,1,6-9H2,2-4H3,(H,15,17). The molecule has 2 aliphatic rings. The van der Waals surface area contributed by atoms with Crippen molar-refractivity contribution in [2.24, 2.45) is 5.92 Å². The van der Waals surface area contributed by atoms with Crippen molar-refractivity contribution in [3.63, 3.8) is 0 Å². The third-order valence-corrected chi connectivity index (χ3v) is 4.54. The van der Waals surface area contributed by atoms with Crippen LogP contribution >= 0.6 is 0 Å². The van der Waals surface area contributed by atoms with Crippen molar-refractivity contribution in [3.8, 4) is 0 Å². The molecule has 0 aromatic heterocycles. The lowest BCUT2D eigenvalue weighted by Gasteiger charge is -2.50. The summed E-state index contributed by atoms with van der Waals surface area (Å²) in [5.74, 6) is 0.289. The lowest BCUT2D eigenvalue weighted by Crippen LogP contribution is -2.74. The van der Waals surface area contributed by atoms with E-state index in [9.17, 15) is 9.59 Å². The predicted molar refractivity (Wildman–Crippen MR) is 69.9 cm³/mol. The Morgan fingerprint density at radius 1 is 1.44 bits per heavy atom. The predicted octanol–water partition coefficient (Wildman–Crippen LogP) is 1.47. The van der Waals surface area contributed by atoms with Gasteiger partial charge in [0.2, 0.25) is 11.8 Å². The van der Waals surface area contributed by atoms with Gasteiger partial charge in [0.05, 0.1) is 0 Å². The van der Waals surface area contributed by atoms with Gasteiger partial charge >= 0.3 is 0 Å². The maximum Gasteiger partial charge on any atom is 0.249 e. The van der Waals surface area contributed by atoms with Crippen LogP contribution < -0.4 is 5.32 Å². The first kappa shape index (κ1) is 13.1. The van der Waals surface area contributed by atoms with Gasteiger partial charge in [-0.1, -0.05) is 13.0 Å². The second-order valence-electron chi connectivity index (χ2n) is 5.76. The van der Waals surface area contributed by atoms with E-state index in [2.05, 4.69) is 11.9 Å². The fraction of sp³-hybridized carbons (Fsp3) is 0.714. The van der Waals surface area contributed by atoms with Gasteiger partial charge in [0, 0.05) is 6.54 Å². The van der Waals surface area contributed by atoms with Crippen LogP contribution in [0.2, 0.25) is 0 Å². The lowest BCUT2D eigenvalue weighted by atomic mass is 9.83. The molecule has 18 heavy (non-hydrogen) atoms. The lowest BCUT2D eigenvalue weighted by molar-refractivity contribution is -0.161. The van der Waals surface area contributed by atoms with Crippen LogP contribution in [0.5, 0.6) is 0 Å². The number of rotatable bonds is 4. The summed E-state index contributed by atoms with van der Waals surface area (Å²) < 4.78 is 0. The van der Waals surface area contributed by atoms with Crippen LogP contribution in [0.3, 0.4) is 0 Å². The fourth-order valence-electron chi connectivity index (χ4n) is 2.75. The summed E-state index contributed by atoms with van der Waals surface area (Å²) >= 11 is 0. The average molecular weight is 250 g/mol. The van der Waals surface area contributed by atoms with E-state index in [-0.39, 0.29) is 11.8 Å². The molecule has 0 aromatic rings. The van der Waals surface area contributed by atoms with Gasteiger partial charge in [-0.05, 0) is 39.0 Å². The maximum atomic E-state index is 12.7. The molecule has 2 atom stereocenters. The number of nitrogens with one attached hydrogen (secondary N) is 1. The van der Waals surface area contributed by atoms with Crippen LogP contribution in [0, 0.1) is 5.92 Å². The van der Waals surface area contributed by atoms with Gasteiger partial charge in [0.15, 0.2) is 0 Å². The molecule has 1 aliphatic carbocycles. The molecule has 2 rings (SSSR count). The van der Waals surface area contributed by atoms with Crippen LogP contribution in [0.1, 0.15) is 40.0 Å². The van der Waals surface area contributed by atoms with Crippen LogP contribution in [-0.4, -0.2) is 34.3 Å². The van der Waals surface area contributed by atoms with Crippen LogP contribution in [0.4, 0.5) is 0 Å². The Morgan fingerprint density at radius 2 is 2.06 bits per heavy atom. The summed E-state index contributed by atoms with van der Waals surface area (Å²) in [7, 11) is 0. The van der Waals surface area contributed by atoms with Crippen molar-refractivity contribution in [1.82, 2.24) is 10.2 Å². The molecule has 1 saturated carbocycles. The Bertz CT molecular complexity index is 403. The summed E-state index contributed by atoms with van der Waals surface area (Å²) in [5, 5.41) is 2.97. The maximum absolute atomic E-state index is 12.7. The van der Waals surface area contributed by atoms with E-state index in [0.717, 1.165) is 12.8 Å². The summed E-state index contributed by atoms with van der Waals surface area (Å²) in [5.41, 5.74) is -1.46. The van der Waals surface area contributed by atoms with Crippen molar-refractivity contribution < 1.29 is 9.59 Å². The molecule has 1 saturated heterocycles. The van der Waals surface area contributed by atoms with Gasteiger partial charge in [-0.25, -0.2) is 0 Å². The van der Waals surface area contributed by atoms with Crippen LogP contribution in [0.15, 0.2) is 12.7 Å². The molecule has 0 radical (unpaired) electrons. The molecule has 0 aromatic carbocycles. The molecule has 2 unspecified atom stereocenters. The van der Waals surface area contributed by atoms with E-state index in [1.165, 1.54) is 0 Å². The van der Waals surface area contributed by atoms with Crippen molar-refractivity contribution >= 4 is 11.8 Å². The molecular weight excluding hydrogens is 228 g/mol. The Balaban J connectivity index is 2.38. The van der Waals surface area contributed by atoms with Crippen LogP contribution in [0.25, 0.3) is 0 Å². The van der Waals surface area contributed by atoms with Crippen molar-refractivity contribution in [2.75, 3.05) is 6.54 Å². The molecule has 1 aliphatic heterocycles. The number of hydrogen-bond acceptors (Lipinski definition) is 2. The van der Waals surface area contributed by atoms with E-state index in [4.69, 9.17) is 0 Å². The Kier molecular flexibility index (Phi) is 2.99. The first-order valence-corrected chi connectivity index (χ1v) is 6.65. The Morgan fingerprint density at radius 3 is 2.50 bits per heavy atom. The van der Waals surface area contributed by atoms with E-state index >= 15 is 0 Å². The van der Waals surface area contributed by atoms with Gasteiger partial charge in [0.1, 0.15) is 11.1 Å². The Labute approximate surface area is 108 Å². The SMILES string of the molecule is C=CCN1C(=O)C(C)(C2CC2)NC(=O)C1(C)CC. The number of piperazine rings is 1. The molecule has 2 amide bonds. The topological polar surface area (TPSA) is 49.4 Å². The monoisotopic (exact) mass is 250 g/mol. The number of nitrogens with zero attached hydrogens (tertiary/aromatic N) is 1. The molecule has 4 nitrogen and oxygen atoms in total. The second-order valence-corrected chi connectivity index (χ2v) is 5.76. The third kappa shape index (κ3) is 1.66. The van der Waals surface area contributed by atoms with E-state index in [1.807, 2.05) is 20.8 Å². The summed E-state index contributed by atoms with van der Waals surface area (Å²) in [6, 6.07) is 0. The zero-order valence-electron chi connectivity index (χ0n) is 11.5. The highest BCUT2D eigenvalue weighted by molar-refractivity contribution is 6.02. The molecule has 0 spiro atoms. The average Bonchev–Trinajstić information content (AvgIpc) is 3.16. The highest BCUT2D eigenvalue weighted by atomic mass is 16.2.